The van der Waals surface area contributed by atoms with Gasteiger partial charge in [-0.25, -0.2) is 4.39 Å². The molecule has 0 amide bonds. The number of ether oxygens (including phenoxy) is 1. The molecule has 0 aliphatic heterocycles. The molecule has 6 heteroatoms. The van der Waals surface area contributed by atoms with E-state index >= 15 is 0 Å². The summed E-state index contributed by atoms with van der Waals surface area (Å²) in [6.45, 7) is -0.327. The van der Waals surface area contributed by atoms with E-state index in [0.29, 0.717) is 27.6 Å². The molecule has 24 heavy (non-hydrogen) atoms. The largest absolute Gasteiger partial charge is 0.457 e. The number of ketones is 1. The molecule has 0 bridgehead atoms. The molecule has 1 aliphatic carbocycles. The Kier molecular flexibility index (Phi) is 5.01. The van der Waals surface area contributed by atoms with Crippen LogP contribution in [0.15, 0.2) is 36.4 Å². The van der Waals surface area contributed by atoms with E-state index in [1.54, 1.807) is 24.3 Å². The molecule has 0 unspecified atom stereocenters. The van der Waals surface area contributed by atoms with Crippen molar-refractivity contribution in [3.8, 4) is 0 Å². The number of Topliss-reactive ketones (excluding diaryl/α,β-unsaturated/α-hetero) is 1. The standard InChI is InChI=1S/C18H16ClFO3S/c19-16-7-6-15(24-16)14(21)11-23-17(22)18(8-1-2-9-18)12-4-3-5-13(20)10-12/h3-7,10H,1-2,8-9,11H2. The van der Waals surface area contributed by atoms with Crippen LogP contribution in [0.4, 0.5) is 4.39 Å². The van der Waals surface area contributed by atoms with Crippen LogP contribution in [-0.4, -0.2) is 18.4 Å². The predicted molar refractivity (Wildman–Crippen MR) is 91.2 cm³/mol. The molecule has 126 valence electrons. The van der Waals surface area contributed by atoms with Gasteiger partial charge < -0.3 is 4.74 Å². The van der Waals surface area contributed by atoms with Crippen molar-refractivity contribution in [3.63, 3.8) is 0 Å². The topological polar surface area (TPSA) is 43.4 Å². The zero-order chi connectivity index (χ0) is 17.2. The van der Waals surface area contributed by atoms with E-state index in [2.05, 4.69) is 0 Å². The molecule has 1 aliphatic rings. The lowest BCUT2D eigenvalue weighted by molar-refractivity contribution is -0.149. The maximum atomic E-state index is 13.6. The van der Waals surface area contributed by atoms with Gasteiger partial charge in [0.25, 0.3) is 0 Å². The van der Waals surface area contributed by atoms with E-state index in [-0.39, 0.29) is 18.2 Å². The second-order valence-electron chi connectivity index (χ2n) is 5.90. The first kappa shape index (κ1) is 17.1. The fraction of sp³-hybridized carbons (Fsp3) is 0.333. The van der Waals surface area contributed by atoms with Gasteiger partial charge in [-0.3, -0.25) is 9.59 Å². The van der Waals surface area contributed by atoms with Crippen LogP contribution >= 0.6 is 22.9 Å². The van der Waals surface area contributed by atoms with Crippen LogP contribution in [0.1, 0.15) is 40.9 Å². The highest BCUT2D eigenvalue weighted by molar-refractivity contribution is 7.18. The summed E-state index contributed by atoms with van der Waals surface area (Å²) in [6, 6.07) is 9.32. The van der Waals surface area contributed by atoms with Gasteiger partial charge in [0.2, 0.25) is 5.78 Å². The lowest BCUT2D eigenvalue weighted by Gasteiger charge is -2.27. The number of carbonyl (C=O) groups excluding carboxylic acids is 2. The van der Waals surface area contributed by atoms with Crippen molar-refractivity contribution in [3.05, 3.63) is 57.0 Å². The van der Waals surface area contributed by atoms with Crippen molar-refractivity contribution < 1.29 is 18.7 Å². The third-order valence-electron chi connectivity index (χ3n) is 4.41. The number of carbonyl (C=O) groups is 2. The molecule has 0 N–H and O–H groups in total. The van der Waals surface area contributed by atoms with E-state index < -0.39 is 11.4 Å². The molecule has 0 radical (unpaired) electrons. The Labute approximate surface area is 148 Å². The van der Waals surface area contributed by atoms with Crippen LogP contribution in [-0.2, 0) is 14.9 Å². The van der Waals surface area contributed by atoms with Gasteiger partial charge in [-0.15, -0.1) is 11.3 Å². The highest BCUT2D eigenvalue weighted by Crippen LogP contribution is 2.42. The average molecular weight is 367 g/mol. The molecule has 1 fully saturated rings. The molecule has 3 rings (SSSR count). The molecule has 0 atom stereocenters. The summed E-state index contributed by atoms with van der Waals surface area (Å²) in [7, 11) is 0. The lowest BCUT2D eigenvalue weighted by atomic mass is 9.79. The van der Waals surface area contributed by atoms with Gasteiger partial charge in [0.05, 0.1) is 14.6 Å². The monoisotopic (exact) mass is 366 g/mol. The number of halogens is 2. The smallest absolute Gasteiger partial charge is 0.317 e. The van der Waals surface area contributed by atoms with Crippen molar-refractivity contribution in [2.45, 2.75) is 31.1 Å². The molecule has 3 nitrogen and oxygen atoms in total. The Hall–Kier alpha value is -1.72. The minimum atomic E-state index is -0.852. The van der Waals surface area contributed by atoms with Crippen LogP contribution < -0.4 is 0 Å². The van der Waals surface area contributed by atoms with Crippen molar-refractivity contribution in [1.82, 2.24) is 0 Å². The Morgan fingerprint density at radius 2 is 1.96 bits per heavy atom. The van der Waals surface area contributed by atoms with Crippen LogP contribution in [0.5, 0.6) is 0 Å². The summed E-state index contributed by atoms with van der Waals surface area (Å²) in [5.74, 6) is -1.12. The second-order valence-corrected chi connectivity index (χ2v) is 7.62. The molecule has 0 saturated heterocycles. The summed E-state index contributed by atoms with van der Waals surface area (Å²) in [6.07, 6.45) is 2.96. The van der Waals surface area contributed by atoms with E-state index in [4.69, 9.17) is 16.3 Å². The maximum absolute atomic E-state index is 13.6. The van der Waals surface area contributed by atoms with E-state index in [1.807, 2.05) is 0 Å². The predicted octanol–water partition coefficient (Wildman–Crippen LogP) is 4.78. The number of rotatable bonds is 5. The van der Waals surface area contributed by atoms with Gasteiger partial charge in [-0.05, 0) is 42.7 Å². The van der Waals surface area contributed by atoms with Gasteiger partial charge in [0, 0.05) is 0 Å². The quantitative estimate of drug-likeness (QED) is 0.565. The Morgan fingerprint density at radius 3 is 2.58 bits per heavy atom. The highest BCUT2D eigenvalue weighted by Gasteiger charge is 2.44. The van der Waals surface area contributed by atoms with Crippen molar-refractivity contribution in [1.29, 1.82) is 0 Å². The van der Waals surface area contributed by atoms with Crippen LogP contribution in [0, 0.1) is 5.82 Å². The molecule has 0 spiro atoms. The normalized spacial score (nSPS) is 16.1. The maximum Gasteiger partial charge on any atom is 0.317 e. The summed E-state index contributed by atoms with van der Waals surface area (Å²) in [5, 5.41) is 0. The van der Waals surface area contributed by atoms with Crippen molar-refractivity contribution >= 4 is 34.7 Å². The molecule has 2 aromatic rings. The summed E-state index contributed by atoms with van der Waals surface area (Å²) in [4.78, 5) is 25.2. The van der Waals surface area contributed by atoms with Crippen LogP contribution in [0.3, 0.4) is 0 Å². The minimum absolute atomic E-state index is 0.285. The first-order valence-electron chi connectivity index (χ1n) is 7.73. The van der Waals surface area contributed by atoms with Crippen LogP contribution in [0.25, 0.3) is 0 Å². The Bertz CT molecular complexity index is 765. The zero-order valence-electron chi connectivity index (χ0n) is 12.9. The van der Waals surface area contributed by atoms with Gasteiger partial charge in [-0.1, -0.05) is 36.6 Å². The minimum Gasteiger partial charge on any atom is -0.457 e. The average Bonchev–Trinajstić information content (AvgIpc) is 3.22. The Balaban J connectivity index is 1.75. The fourth-order valence-electron chi connectivity index (χ4n) is 3.18. The molecule has 1 heterocycles. The van der Waals surface area contributed by atoms with E-state index in [9.17, 15) is 14.0 Å². The van der Waals surface area contributed by atoms with E-state index in [1.165, 1.54) is 12.1 Å². The van der Waals surface area contributed by atoms with Gasteiger partial charge in [-0.2, -0.15) is 0 Å². The third kappa shape index (κ3) is 3.37. The SMILES string of the molecule is O=C(COC(=O)C1(c2cccc(F)c2)CCCC1)c1ccc(Cl)s1. The number of hydrogen-bond acceptors (Lipinski definition) is 4. The zero-order valence-corrected chi connectivity index (χ0v) is 14.5. The van der Waals surface area contributed by atoms with Gasteiger partial charge in [0.1, 0.15) is 5.82 Å². The number of benzene rings is 1. The third-order valence-corrected chi connectivity index (χ3v) is 5.68. The molecular formula is C18H16ClFO3S. The van der Waals surface area contributed by atoms with Crippen molar-refractivity contribution in [2.75, 3.05) is 6.61 Å². The molecule has 1 aromatic carbocycles. The number of thiophene rings is 1. The Morgan fingerprint density at radius 1 is 1.21 bits per heavy atom. The van der Waals surface area contributed by atoms with Gasteiger partial charge in [0.15, 0.2) is 6.61 Å². The molecular weight excluding hydrogens is 351 g/mol. The second kappa shape index (κ2) is 7.03. The number of hydrogen-bond donors (Lipinski definition) is 0. The van der Waals surface area contributed by atoms with Gasteiger partial charge >= 0.3 is 5.97 Å². The fourth-order valence-corrected chi connectivity index (χ4v) is 4.15. The number of esters is 1. The molecule has 1 aromatic heterocycles. The first-order valence-corrected chi connectivity index (χ1v) is 8.92. The summed E-state index contributed by atoms with van der Waals surface area (Å²) < 4.78 is 19.4. The van der Waals surface area contributed by atoms with Crippen molar-refractivity contribution in [2.24, 2.45) is 0 Å². The molecule has 1 saturated carbocycles. The lowest BCUT2D eigenvalue weighted by Crippen LogP contribution is -2.35. The van der Waals surface area contributed by atoms with E-state index in [0.717, 1.165) is 24.2 Å². The summed E-state index contributed by atoms with van der Waals surface area (Å²) >= 11 is 6.96. The first-order chi connectivity index (χ1) is 11.5. The van der Waals surface area contributed by atoms with Crippen LogP contribution in [0.2, 0.25) is 4.34 Å². The summed E-state index contributed by atoms with van der Waals surface area (Å²) in [5.41, 5.74) is -0.230. The highest BCUT2D eigenvalue weighted by atomic mass is 35.5.